The maximum atomic E-state index is 14.6. The lowest BCUT2D eigenvalue weighted by Gasteiger charge is -2.26. The molecular formula is C26H28FN5O3. The van der Waals surface area contributed by atoms with E-state index in [1.807, 2.05) is 6.07 Å². The Morgan fingerprint density at radius 1 is 1.09 bits per heavy atom. The number of halogens is 1. The SMILES string of the molecule is COCCOc1cc2[nH]nc(-c3cc(-c4ccc(N5CC[C@H]6[C@@H]5CCN6C)cc4)no3)c2cc1F. The number of ether oxygens (including phenoxy) is 2. The monoisotopic (exact) mass is 477 g/mol. The first kappa shape index (κ1) is 22.1. The Hall–Kier alpha value is -3.43. The smallest absolute Gasteiger partial charge is 0.188 e. The second kappa shape index (κ2) is 8.98. The fourth-order valence-corrected chi connectivity index (χ4v) is 5.42. The van der Waals surface area contributed by atoms with Gasteiger partial charge in [0.05, 0.1) is 12.1 Å². The molecule has 4 heterocycles. The van der Waals surface area contributed by atoms with Crippen molar-refractivity contribution in [3.8, 4) is 28.5 Å². The van der Waals surface area contributed by atoms with Crippen LogP contribution >= 0.6 is 0 Å². The van der Waals surface area contributed by atoms with Gasteiger partial charge in [0.2, 0.25) is 0 Å². The molecule has 4 aromatic rings. The van der Waals surface area contributed by atoms with Gasteiger partial charge in [-0.1, -0.05) is 17.3 Å². The molecule has 0 bridgehead atoms. The summed E-state index contributed by atoms with van der Waals surface area (Å²) in [5.74, 6) is 0.153. The zero-order valence-corrected chi connectivity index (χ0v) is 19.8. The lowest BCUT2D eigenvalue weighted by atomic mass is 10.1. The highest BCUT2D eigenvalue weighted by atomic mass is 19.1. The van der Waals surface area contributed by atoms with Crippen molar-refractivity contribution in [3.05, 3.63) is 48.3 Å². The van der Waals surface area contributed by atoms with Crippen molar-refractivity contribution in [2.24, 2.45) is 0 Å². The number of fused-ring (bicyclic) bond motifs is 2. The third kappa shape index (κ3) is 3.94. The second-order valence-corrected chi connectivity index (χ2v) is 9.25. The van der Waals surface area contributed by atoms with Gasteiger partial charge >= 0.3 is 0 Å². The number of aromatic amines is 1. The molecule has 182 valence electrons. The topological polar surface area (TPSA) is 79.7 Å². The molecule has 2 atom stereocenters. The Morgan fingerprint density at radius 3 is 2.74 bits per heavy atom. The number of methoxy groups -OCH3 is 1. The zero-order chi connectivity index (χ0) is 23.9. The molecule has 35 heavy (non-hydrogen) atoms. The minimum Gasteiger partial charge on any atom is -0.488 e. The summed E-state index contributed by atoms with van der Waals surface area (Å²) < 4.78 is 30.6. The predicted octanol–water partition coefficient (Wildman–Crippen LogP) is 4.33. The highest BCUT2D eigenvalue weighted by Gasteiger charge is 2.40. The number of hydrogen-bond donors (Lipinski definition) is 1. The van der Waals surface area contributed by atoms with Gasteiger partial charge in [-0.2, -0.15) is 5.10 Å². The molecule has 0 aliphatic carbocycles. The molecule has 1 N–H and O–H groups in total. The van der Waals surface area contributed by atoms with Gasteiger partial charge in [0.25, 0.3) is 0 Å². The number of H-pyrrole nitrogens is 1. The second-order valence-electron chi connectivity index (χ2n) is 9.25. The summed E-state index contributed by atoms with van der Waals surface area (Å²) in [6.07, 6.45) is 2.43. The van der Waals surface area contributed by atoms with Crippen molar-refractivity contribution in [3.63, 3.8) is 0 Å². The highest BCUT2D eigenvalue weighted by Crippen LogP contribution is 2.36. The number of rotatable bonds is 7. The summed E-state index contributed by atoms with van der Waals surface area (Å²) in [5, 5.41) is 12.1. The molecule has 2 aliphatic rings. The van der Waals surface area contributed by atoms with E-state index in [0.29, 0.717) is 46.7 Å². The van der Waals surface area contributed by atoms with Crippen molar-refractivity contribution in [1.29, 1.82) is 0 Å². The first-order valence-corrected chi connectivity index (χ1v) is 12.0. The van der Waals surface area contributed by atoms with Gasteiger partial charge in [-0.3, -0.25) is 5.10 Å². The van der Waals surface area contributed by atoms with Crippen LogP contribution < -0.4 is 9.64 Å². The van der Waals surface area contributed by atoms with Crippen LogP contribution in [0.25, 0.3) is 33.6 Å². The van der Waals surface area contributed by atoms with Crippen molar-refractivity contribution >= 4 is 16.6 Å². The van der Waals surface area contributed by atoms with E-state index in [-0.39, 0.29) is 12.4 Å². The fraction of sp³-hybridized carbons (Fsp3) is 0.385. The molecule has 6 rings (SSSR count). The first-order valence-electron chi connectivity index (χ1n) is 12.0. The van der Waals surface area contributed by atoms with Crippen molar-refractivity contribution in [2.45, 2.75) is 24.9 Å². The maximum absolute atomic E-state index is 14.6. The van der Waals surface area contributed by atoms with E-state index in [0.717, 1.165) is 12.1 Å². The third-order valence-corrected chi connectivity index (χ3v) is 7.25. The van der Waals surface area contributed by atoms with Crippen LogP contribution in [0.15, 0.2) is 47.0 Å². The Morgan fingerprint density at radius 2 is 1.91 bits per heavy atom. The van der Waals surface area contributed by atoms with Gasteiger partial charge in [0.15, 0.2) is 17.3 Å². The maximum Gasteiger partial charge on any atom is 0.188 e. The summed E-state index contributed by atoms with van der Waals surface area (Å²) in [6.45, 7) is 2.90. The number of nitrogens with one attached hydrogen (secondary N) is 1. The number of benzene rings is 2. The van der Waals surface area contributed by atoms with Crippen LogP contribution in [0.3, 0.4) is 0 Å². The van der Waals surface area contributed by atoms with Crippen LogP contribution in [0.1, 0.15) is 12.8 Å². The van der Waals surface area contributed by atoms with Gasteiger partial charge in [0, 0.05) is 61.1 Å². The molecule has 0 amide bonds. The minimum atomic E-state index is -0.468. The van der Waals surface area contributed by atoms with Crippen LogP contribution in [0.4, 0.5) is 10.1 Å². The summed E-state index contributed by atoms with van der Waals surface area (Å²) in [6, 6.07) is 14.6. The molecule has 9 heteroatoms. The third-order valence-electron chi connectivity index (χ3n) is 7.25. The molecule has 2 aromatic carbocycles. The molecule has 8 nitrogen and oxygen atoms in total. The van der Waals surface area contributed by atoms with Crippen molar-refractivity contribution in [1.82, 2.24) is 20.3 Å². The van der Waals surface area contributed by atoms with E-state index in [4.69, 9.17) is 14.0 Å². The number of likely N-dealkylation sites (tertiary alicyclic amines) is 1. The van der Waals surface area contributed by atoms with Gasteiger partial charge in [0.1, 0.15) is 18.0 Å². The zero-order valence-electron chi connectivity index (χ0n) is 19.8. The van der Waals surface area contributed by atoms with E-state index < -0.39 is 5.82 Å². The van der Waals surface area contributed by atoms with Gasteiger partial charge in [-0.25, -0.2) is 4.39 Å². The van der Waals surface area contributed by atoms with Crippen molar-refractivity contribution < 1.29 is 18.4 Å². The van der Waals surface area contributed by atoms with E-state index >= 15 is 0 Å². The molecule has 2 aromatic heterocycles. The Bertz CT molecular complexity index is 1330. The largest absolute Gasteiger partial charge is 0.488 e. The van der Waals surface area contributed by atoms with Crippen LogP contribution in [0, 0.1) is 5.82 Å². The standard InChI is InChI=1S/C26H28FN5O3/c1-31-9-7-23-22(31)8-10-32(23)17-5-3-16(4-6-17)20-14-25(35-30-20)26-18-13-19(27)24(34-12-11-33-2)15-21(18)28-29-26/h3-6,13-15,22-23H,7-12H2,1-2H3,(H,28,29)/t22-,23-/m0/s1. The summed E-state index contributed by atoms with van der Waals surface area (Å²) in [4.78, 5) is 5.01. The van der Waals surface area contributed by atoms with Crippen LogP contribution in [0.5, 0.6) is 5.75 Å². The molecular weight excluding hydrogens is 449 g/mol. The van der Waals surface area contributed by atoms with Crippen LogP contribution in [-0.2, 0) is 4.74 Å². The van der Waals surface area contributed by atoms with Crippen LogP contribution in [-0.4, -0.2) is 72.8 Å². The normalized spacial score (nSPS) is 20.1. The molecule has 2 saturated heterocycles. The lowest BCUT2D eigenvalue weighted by Crippen LogP contribution is -2.34. The van der Waals surface area contributed by atoms with Crippen LogP contribution in [0.2, 0.25) is 0 Å². The van der Waals surface area contributed by atoms with Gasteiger partial charge in [-0.15, -0.1) is 0 Å². The number of hydrogen-bond acceptors (Lipinski definition) is 7. The summed E-state index contributed by atoms with van der Waals surface area (Å²) >= 11 is 0. The average molecular weight is 478 g/mol. The number of nitrogens with zero attached hydrogens (tertiary/aromatic N) is 4. The lowest BCUT2D eigenvalue weighted by molar-refractivity contribution is 0.144. The Balaban J connectivity index is 1.22. The fourth-order valence-electron chi connectivity index (χ4n) is 5.42. The van der Waals surface area contributed by atoms with E-state index in [1.54, 1.807) is 13.2 Å². The van der Waals surface area contributed by atoms with E-state index in [9.17, 15) is 4.39 Å². The van der Waals surface area contributed by atoms with E-state index in [2.05, 4.69) is 56.5 Å². The quantitative estimate of drug-likeness (QED) is 0.397. The number of likely N-dealkylation sites (N-methyl/N-ethyl adjacent to an activating group) is 1. The number of aromatic nitrogens is 3. The Kier molecular flexibility index (Phi) is 5.66. The summed E-state index contributed by atoms with van der Waals surface area (Å²) in [5.41, 5.74) is 4.08. The minimum absolute atomic E-state index is 0.150. The highest BCUT2D eigenvalue weighted by molar-refractivity contribution is 5.93. The first-order chi connectivity index (χ1) is 17.1. The Labute approximate surface area is 202 Å². The summed E-state index contributed by atoms with van der Waals surface area (Å²) in [7, 11) is 3.80. The molecule has 2 aliphatic heterocycles. The molecule has 0 unspecified atom stereocenters. The van der Waals surface area contributed by atoms with Gasteiger partial charge < -0.3 is 23.8 Å². The van der Waals surface area contributed by atoms with E-state index in [1.165, 1.54) is 31.1 Å². The molecule has 0 radical (unpaired) electrons. The molecule has 2 fully saturated rings. The van der Waals surface area contributed by atoms with Gasteiger partial charge in [-0.05, 0) is 38.1 Å². The van der Waals surface area contributed by atoms with Crippen molar-refractivity contribution in [2.75, 3.05) is 45.4 Å². The predicted molar refractivity (Wildman–Crippen MR) is 131 cm³/mol. The molecule has 0 saturated carbocycles. The number of anilines is 1. The molecule has 0 spiro atoms. The average Bonchev–Trinajstić information content (AvgIpc) is 3.65.